The van der Waals surface area contributed by atoms with Crippen LogP contribution in [0.3, 0.4) is 0 Å². The number of ether oxygens (including phenoxy) is 1. The number of β-amino-alcohol motifs (C(OH)–C–C–N with tert-alkyl or cyclic N) is 1. The summed E-state index contributed by atoms with van der Waals surface area (Å²) in [5.74, 6) is 1.08. The van der Waals surface area contributed by atoms with Crippen molar-refractivity contribution in [1.29, 1.82) is 0 Å². The molecule has 266 valence electrons. The number of terminal acetylenes is 1. The third-order valence-electron chi connectivity index (χ3n) is 10.9. The highest BCUT2D eigenvalue weighted by Gasteiger charge is 2.50. The fourth-order valence-electron chi connectivity index (χ4n) is 8.64. The first kappa shape index (κ1) is 35.8. The molecule has 50 heavy (non-hydrogen) atoms. The van der Waals surface area contributed by atoms with Gasteiger partial charge in [0.1, 0.15) is 35.0 Å². The van der Waals surface area contributed by atoms with E-state index in [1.165, 1.54) is 30.5 Å². The van der Waals surface area contributed by atoms with Crippen molar-refractivity contribution in [3.05, 3.63) is 58.4 Å². The molecule has 1 aliphatic carbocycles. The molecule has 8 nitrogen and oxygen atoms in total. The number of phenols is 1. The number of aliphatic imine (C=N–C) groups is 3. The van der Waals surface area contributed by atoms with Crippen LogP contribution in [-0.2, 0) is 4.74 Å². The molecule has 0 spiro atoms. The number of alkyl halides is 1. The summed E-state index contributed by atoms with van der Waals surface area (Å²) in [5.41, 5.74) is -0.106. The molecule has 5 atom stereocenters. The lowest BCUT2D eigenvalue weighted by Crippen LogP contribution is -2.56. The van der Waals surface area contributed by atoms with Crippen LogP contribution in [0.4, 0.5) is 13.2 Å². The molecule has 2 aromatic carbocycles. The molecule has 0 bridgehead atoms. The van der Waals surface area contributed by atoms with E-state index >= 15 is 8.78 Å². The minimum Gasteiger partial charge on any atom is -0.508 e. The Morgan fingerprint density at radius 3 is 2.74 bits per heavy atom. The van der Waals surface area contributed by atoms with E-state index in [-0.39, 0.29) is 69.9 Å². The maximum absolute atomic E-state index is 17.3. The first-order valence-corrected chi connectivity index (χ1v) is 17.7. The van der Waals surface area contributed by atoms with Gasteiger partial charge in [0.05, 0.1) is 30.5 Å². The number of fused-ring (bicyclic) bond motifs is 2. The fraction of sp³-hybridized carbons (Fsp3) is 0.513. The van der Waals surface area contributed by atoms with Gasteiger partial charge in [-0.25, -0.2) is 18.2 Å². The van der Waals surface area contributed by atoms with Crippen molar-refractivity contribution in [2.45, 2.75) is 83.2 Å². The zero-order valence-corrected chi connectivity index (χ0v) is 28.8. The monoisotopic (exact) mass is 689 g/mol. The van der Waals surface area contributed by atoms with Crippen LogP contribution in [0.25, 0.3) is 16.5 Å². The van der Waals surface area contributed by atoms with Crippen LogP contribution in [-0.4, -0.2) is 102 Å². The van der Waals surface area contributed by atoms with E-state index in [0.29, 0.717) is 43.7 Å². The molecule has 0 amide bonds. The first-order valence-electron chi connectivity index (χ1n) is 17.7. The van der Waals surface area contributed by atoms with Crippen LogP contribution in [0.2, 0.25) is 0 Å². The number of allylic oxidation sites excluding steroid dienone is 2. The highest BCUT2D eigenvalue weighted by Crippen LogP contribution is 2.50. The molecule has 6 rings (SSSR count). The largest absolute Gasteiger partial charge is 0.508 e. The number of aliphatic hydroxyl groups excluding tert-OH is 1. The quantitative estimate of drug-likeness (QED) is 0.229. The highest BCUT2D eigenvalue weighted by molar-refractivity contribution is 6.29. The molecule has 0 aromatic heterocycles. The second-order valence-electron chi connectivity index (χ2n) is 13.8. The predicted octanol–water partition coefficient (Wildman–Crippen LogP) is 6.60. The summed E-state index contributed by atoms with van der Waals surface area (Å²) in [7, 11) is 0. The molecule has 1 saturated carbocycles. The van der Waals surface area contributed by atoms with E-state index < -0.39 is 23.9 Å². The summed E-state index contributed by atoms with van der Waals surface area (Å²) < 4.78 is 53.1. The normalized spacial score (nSPS) is 27.6. The van der Waals surface area contributed by atoms with E-state index in [1.54, 1.807) is 4.90 Å². The Labute approximate surface area is 292 Å². The average molecular weight is 690 g/mol. The van der Waals surface area contributed by atoms with Crippen LogP contribution < -0.4 is 0 Å². The molecule has 0 radical (unpaired) electrons. The molecule has 11 heteroatoms. The number of piperidine rings is 1. The molecule has 5 unspecified atom stereocenters. The second kappa shape index (κ2) is 15.1. The zero-order valence-electron chi connectivity index (χ0n) is 28.8. The third kappa shape index (κ3) is 6.61. The number of aromatic hydroxyl groups is 1. The lowest BCUT2D eigenvalue weighted by Gasteiger charge is -2.49. The van der Waals surface area contributed by atoms with Crippen molar-refractivity contribution < 1.29 is 28.1 Å². The summed E-state index contributed by atoms with van der Waals surface area (Å²) >= 11 is 0. The van der Waals surface area contributed by atoms with Crippen molar-refractivity contribution in [2.24, 2.45) is 20.4 Å². The molecular formula is C39H46F3N5O3. The molecule has 2 N–H and O–H groups in total. The highest BCUT2D eigenvalue weighted by atomic mass is 19.1. The topological polar surface area (TPSA) is 93.3 Å². The summed E-state index contributed by atoms with van der Waals surface area (Å²) in [4.78, 5) is 18.0. The summed E-state index contributed by atoms with van der Waals surface area (Å²) in [6.07, 6.45) is 11.2. The Balaban J connectivity index is 1.51. The number of aliphatic hydroxyl groups is 1. The van der Waals surface area contributed by atoms with E-state index in [9.17, 15) is 14.6 Å². The molecule has 2 saturated heterocycles. The van der Waals surface area contributed by atoms with Crippen molar-refractivity contribution in [1.82, 2.24) is 9.80 Å². The van der Waals surface area contributed by atoms with E-state index in [0.717, 1.165) is 38.6 Å². The molecule has 3 aliphatic heterocycles. The second-order valence-corrected chi connectivity index (χ2v) is 13.8. The van der Waals surface area contributed by atoms with Crippen molar-refractivity contribution >= 4 is 35.1 Å². The lowest BCUT2D eigenvalue weighted by atomic mass is 9.74. The van der Waals surface area contributed by atoms with Gasteiger partial charge in [-0.15, -0.1) is 6.42 Å². The van der Waals surface area contributed by atoms with Crippen molar-refractivity contribution in [3.63, 3.8) is 0 Å². The standard InChI is InChI=1S/C39H46F3N5O3/c1-5-27-31(41)12-11-24-18-25(48)19-28(34(24)27)36-35(42)37(29(20-44-36)38(43-4)46-16-17-50-22-26(49)21-46)45-23-39-13-8-10-33(39)47(15-9-14-39)32(7-3)30(40)6-2/h1,11-12,18-20,26,30,32-33,48-49H,4,6-10,13-17,21-23H2,2-3H3/b38-29+,45-37?. The van der Waals surface area contributed by atoms with Gasteiger partial charge in [-0.3, -0.25) is 14.9 Å². The Hall–Kier alpha value is -3.98. The summed E-state index contributed by atoms with van der Waals surface area (Å²) in [6.45, 7) is 9.85. The molecule has 3 fully saturated rings. The van der Waals surface area contributed by atoms with Crippen LogP contribution in [0, 0.1) is 23.6 Å². The minimum atomic E-state index is -0.932. The van der Waals surface area contributed by atoms with Crippen LogP contribution >= 0.6 is 0 Å². The zero-order chi connectivity index (χ0) is 35.6. The SMILES string of the molecule is C#Cc1c(F)ccc2cc(O)cc(C3=C(F)C(=NCC45CCCC4N(C(CC)C(F)CC)CCC5)/C(=C(\N=C)N4CCOCC(O)C4)C=N3)c12. The number of halogens is 3. The molecule has 4 aliphatic rings. The molecule has 3 heterocycles. The van der Waals surface area contributed by atoms with E-state index in [1.807, 2.05) is 13.8 Å². The number of phenolic OH excluding ortho intramolecular Hbond substituents is 1. The Morgan fingerprint density at radius 1 is 1.20 bits per heavy atom. The van der Waals surface area contributed by atoms with Gasteiger partial charge in [-0.05, 0) is 75.4 Å². The maximum atomic E-state index is 17.3. The van der Waals surface area contributed by atoms with Crippen molar-refractivity contribution in [3.8, 4) is 18.1 Å². The predicted molar refractivity (Wildman–Crippen MR) is 193 cm³/mol. The molecular weight excluding hydrogens is 643 g/mol. The number of nitrogens with zero attached hydrogens (tertiary/aromatic N) is 5. The molecule has 2 aromatic rings. The van der Waals surface area contributed by atoms with Gasteiger partial charge >= 0.3 is 0 Å². The minimum absolute atomic E-state index is 0.00618. The number of likely N-dealkylation sites (tertiary alicyclic amines) is 1. The van der Waals surface area contributed by atoms with Crippen molar-refractivity contribution in [2.75, 3.05) is 39.4 Å². The fourth-order valence-corrected chi connectivity index (χ4v) is 8.64. The summed E-state index contributed by atoms with van der Waals surface area (Å²) in [5, 5.41) is 21.9. The van der Waals surface area contributed by atoms with Gasteiger partial charge in [0, 0.05) is 54.3 Å². The number of benzene rings is 2. The van der Waals surface area contributed by atoms with Gasteiger partial charge in [0.25, 0.3) is 0 Å². The van der Waals surface area contributed by atoms with Gasteiger partial charge in [-0.1, -0.05) is 32.3 Å². The van der Waals surface area contributed by atoms with Gasteiger partial charge in [0.15, 0.2) is 5.83 Å². The number of hydrogen-bond acceptors (Lipinski definition) is 8. The van der Waals surface area contributed by atoms with Gasteiger partial charge in [-0.2, -0.15) is 0 Å². The first-order chi connectivity index (χ1) is 24.2. The Kier molecular flexibility index (Phi) is 10.8. The Bertz CT molecular complexity index is 1800. The maximum Gasteiger partial charge on any atom is 0.175 e. The van der Waals surface area contributed by atoms with Gasteiger partial charge in [0.2, 0.25) is 0 Å². The summed E-state index contributed by atoms with van der Waals surface area (Å²) in [6, 6.07) is 5.38. The lowest BCUT2D eigenvalue weighted by molar-refractivity contribution is -0.0172. The van der Waals surface area contributed by atoms with Gasteiger partial charge < -0.3 is 19.8 Å². The Morgan fingerprint density at radius 2 is 2.00 bits per heavy atom. The van der Waals surface area contributed by atoms with Crippen LogP contribution in [0.1, 0.15) is 69.9 Å². The van der Waals surface area contributed by atoms with E-state index in [4.69, 9.17) is 16.2 Å². The third-order valence-corrected chi connectivity index (χ3v) is 10.9. The number of rotatable bonds is 9. The van der Waals surface area contributed by atoms with Crippen LogP contribution in [0.5, 0.6) is 5.75 Å². The average Bonchev–Trinajstić information content (AvgIpc) is 3.43. The number of hydrogen-bond donors (Lipinski definition) is 2. The smallest absolute Gasteiger partial charge is 0.175 e. The van der Waals surface area contributed by atoms with E-state index in [2.05, 4.69) is 27.5 Å². The van der Waals surface area contributed by atoms with Crippen LogP contribution in [0.15, 0.2) is 56.5 Å².